The van der Waals surface area contributed by atoms with Gasteiger partial charge < -0.3 is 21.5 Å². The Morgan fingerprint density at radius 2 is 1.95 bits per heavy atom. The summed E-state index contributed by atoms with van der Waals surface area (Å²) in [5.41, 5.74) is 12.6. The van der Waals surface area contributed by atoms with E-state index in [-0.39, 0.29) is 30.9 Å². The molecule has 0 heterocycles. The van der Waals surface area contributed by atoms with E-state index in [0.29, 0.717) is 13.2 Å². The maximum atomic E-state index is 6.05. The van der Waals surface area contributed by atoms with Gasteiger partial charge in [0.1, 0.15) is 5.75 Å². The highest BCUT2D eigenvalue weighted by Crippen LogP contribution is 2.18. The molecule has 0 bridgehead atoms. The molecule has 1 aromatic rings. The van der Waals surface area contributed by atoms with Crippen molar-refractivity contribution in [1.29, 1.82) is 0 Å². The van der Waals surface area contributed by atoms with Gasteiger partial charge in [0.2, 0.25) is 0 Å². The van der Waals surface area contributed by atoms with E-state index in [9.17, 15) is 0 Å². The quantitative estimate of drug-likeness (QED) is 0.634. The molecule has 6 heteroatoms. The fraction of sp³-hybridized carbons (Fsp3) is 0.538. The first kappa shape index (κ1) is 20.8. The maximum absolute atomic E-state index is 6.05. The highest BCUT2D eigenvalue weighted by Gasteiger charge is 2.08. The van der Waals surface area contributed by atoms with Crippen LogP contribution in [0, 0.1) is 0 Å². The maximum Gasteiger partial charge on any atom is 0.122 e. The summed E-state index contributed by atoms with van der Waals surface area (Å²) in [6.07, 6.45) is 0.813. The van der Waals surface area contributed by atoms with E-state index in [1.165, 1.54) is 0 Å². The third-order valence-electron chi connectivity index (χ3n) is 2.48. The molecule has 5 N–H and O–H groups in total. The minimum absolute atomic E-state index is 0. The second-order valence-corrected chi connectivity index (χ2v) is 4.00. The van der Waals surface area contributed by atoms with Crippen LogP contribution in [0.1, 0.15) is 12.5 Å². The summed E-state index contributed by atoms with van der Waals surface area (Å²) < 4.78 is 5.57. The summed E-state index contributed by atoms with van der Waals surface area (Å²) in [5, 5.41) is 3.22. The lowest BCUT2D eigenvalue weighted by molar-refractivity contribution is 0.335. The van der Waals surface area contributed by atoms with Crippen molar-refractivity contribution in [2.75, 3.05) is 26.2 Å². The molecule has 0 fully saturated rings. The standard InChI is InChI=1S/C13H23N3O.2ClH/c1-2-17-13-6-4-3-5-11(13)9-12(15)10-16-8-7-14;;/h3-6,12,16H,2,7-10,14-15H2,1H3;2*1H. The van der Waals surface area contributed by atoms with Gasteiger partial charge in [-0.25, -0.2) is 0 Å². The van der Waals surface area contributed by atoms with E-state index in [0.717, 1.165) is 30.8 Å². The Morgan fingerprint density at radius 3 is 2.58 bits per heavy atom. The molecule has 0 saturated carbocycles. The average Bonchev–Trinajstić information content (AvgIpc) is 2.32. The van der Waals surface area contributed by atoms with Crippen LogP contribution in [-0.2, 0) is 6.42 Å². The van der Waals surface area contributed by atoms with Crippen LogP contribution in [0.15, 0.2) is 24.3 Å². The van der Waals surface area contributed by atoms with E-state index >= 15 is 0 Å². The molecule has 112 valence electrons. The zero-order chi connectivity index (χ0) is 12.5. The van der Waals surface area contributed by atoms with Crippen molar-refractivity contribution < 1.29 is 4.74 Å². The van der Waals surface area contributed by atoms with Crippen LogP contribution in [-0.4, -0.2) is 32.3 Å². The third kappa shape index (κ3) is 8.29. The number of nitrogens with one attached hydrogen (secondary N) is 1. The molecule has 0 radical (unpaired) electrons. The lowest BCUT2D eigenvalue weighted by Crippen LogP contribution is -2.37. The zero-order valence-corrected chi connectivity index (χ0v) is 12.9. The van der Waals surface area contributed by atoms with Gasteiger partial charge in [0, 0.05) is 25.7 Å². The van der Waals surface area contributed by atoms with Gasteiger partial charge in [-0.2, -0.15) is 0 Å². The molecule has 1 unspecified atom stereocenters. The minimum atomic E-state index is 0. The number of benzene rings is 1. The van der Waals surface area contributed by atoms with Crippen LogP contribution in [0.3, 0.4) is 0 Å². The van der Waals surface area contributed by atoms with E-state index in [1.54, 1.807) is 0 Å². The fourth-order valence-electron chi connectivity index (χ4n) is 1.71. The number of rotatable bonds is 8. The molecule has 0 aliphatic rings. The summed E-state index contributed by atoms with van der Waals surface area (Å²) in [5.74, 6) is 0.935. The fourth-order valence-corrected chi connectivity index (χ4v) is 1.71. The lowest BCUT2D eigenvalue weighted by Gasteiger charge is -2.15. The molecular weight excluding hydrogens is 285 g/mol. The molecule has 0 amide bonds. The van der Waals surface area contributed by atoms with E-state index in [1.807, 2.05) is 25.1 Å². The minimum Gasteiger partial charge on any atom is -0.494 e. The van der Waals surface area contributed by atoms with E-state index in [4.69, 9.17) is 16.2 Å². The third-order valence-corrected chi connectivity index (χ3v) is 2.48. The highest BCUT2D eigenvalue weighted by atomic mass is 35.5. The van der Waals surface area contributed by atoms with E-state index in [2.05, 4.69) is 11.4 Å². The van der Waals surface area contributed by atoms with Gasteiger partial charge in [-0.3, -0.25) is 0 Å². The summed E-state index contributed by atoms with van der Waals surface area (Å²) >= 11 is 0. The van der Waals surface area contributed by atoms with Crippen LogP contribution in [0.5, 0.6) is 5.75 Å². The van der Waals surface area contributed by atoms with Gasteiger partial charge in [-0.15, -0.1) is 24.8 Å². The van der Waals surface area contributed by atoms with Crippen LogP contribution in [0.4, 0.5) is 0 Å². The van der Waals surface area contributed by atoms with Gasteiger partial charge >= 0.3 is 0 Å². The van der Waals surface area contributed by atoms with Crippen LogP contribution >= 0.6 is 24.8 Å². The van der Waals surface area contributed by atoms with Crippen LogP contribution < -0.4 is 21.5 Å². The Bertz CT molecular complexity index is 327. The summed E-state index contributed by atoms with van der Waals surface area (Å²) in [6, 6.07) is 8.13. The first-order valence-electron chi connectivity index (χ1n) is 6.15. The normalized spacial score (nSPS) is 11.1. The van der Waals surface area contributed by atoms with Crippen molar-refractivity contribution in [3.05, 3.63) is 29.8 Å². The first-order chi connectivity index (χ1) is 8.27. The number of nitrogens with two attached hydrogens (primary N) is 2. The molecule has 4 nitrogen and oxygen atoms in total. The molecule has 0 aromatic heterocycles. The molecule has 1 atom stereocenters. The van der Waals surface area contributed by atoms with Gasteiger partial charge in [-0.1, -0.05) is 18.2 Å². The smallest absolute Gasteiger partial charge is 0.122 e. The average molecular weight is 310 g/mol. The summed E-state index contributed by atoms with van der Waals surface area (Å²) in [6.45, 7) is 4.89. The lowest BCUT2D eigenvalue weighted by atomic mass is 10.1. The second kappa shape index (κ2) is 12.5. The van der Waals surface area contributed by atoms with Gasteiger partial charge in [-0.05, 0) is 25.0 Å². The molecule has 0 aliphatic heterocycles. The van der Waals surface area contributed by atoms with Crippen molar-refractivity contribution >= 4 is 24.8 Å². The molecule has 0 spiro atoms. The molecule has 0 saturated heterocycles. The van der Waals surface area contributed by atoms with Crippen molar-refractivity contribution in [2.24, 2.45) is 11.5 Å². The van der Waals surface area contributed by atoms with Crippen LogP contribution in [0.2, 0.25) is 0 Å². The van der Waals surface area contributed by atoms with Crippen molar-refractivity contribution in [2.45, 2.75) is 19.4 Å². The summed E-state index contributed by atoms with van der Waals surface area (Å²) in [7, 11) is 0. The Kier molecular flexibility index (Phi) is 13.7. The summed E-state index contributed by atoms with van der Waals surface area (Å²) in [4.78, 5) is 0. The Morgan fingerprint density at radius 1 is 1.26 bits per heavy atom. The molecule has 1 aromatic carbocycles. The van der Waals surface area contributed by atoms with E-state index < -0.39 is 0 Å². The van der Waals surface area contributed by atoms with Crippen molar-refractivity contribution in [1.82, 2.24) is 5.32 Å². The second-order valence-electron chi connectivity index (χ2n) is 4.00. The topological polar surface area (TPSA) is 73.3 Å². The van der Waals surface area contributed by atoms with Crippen molar-refractivity contribution in [3.63, 3.8) is 0 Å². The molecule has 0 aliphatic carbocycles. The number of hydrogen-bond acceptors (Lipinski definition) is 4. The molecule has 19 heavy (non-hydrogen) atoms. The zero-order valence-electron chi connectivity index (χ0n) is 11.3. The predicted molar refractivity (Wildman–Crippen MR) is 85.7 cm³/mol. The number of halogens is 2. The Hall–Kier alpha value is -0.520. The predicted octanol–water partition coefficient (Wildman–Crippen LogP) is 1.35. The molecular formula is C13H25Cl2N3O. The Labute approximate surface area is 128 Å². The van der Waals surface area contributed by atoms with Gasteiger partial charge in [0.25, 0.3) is 0 Å². The number of ether oxygens (including phenoxy) is 1. The largest absolute Gasteiger partial charge is 0.494 e. The Balaban J connectivity index is 0. The SMILES string of the molecule is CCOc1ccccc1CC(N)CNCCN.Cl.Cl. The van der Waals surface area contributed by atoms with Crippen molar-refractivity contribution in [3.8, 4) is 5.75 Å². The van der Waals surface area contributed by atoms with Gasteiger partial charge in [0.05, 0.1) is 6.61 Å². The first-order valence-corrected chi connectivity index (χ1v) is 6.15. The highest BCUT2D eigenvalue weighted by molar-refractivity contribution is 5.85. The monoisotopic (exact) mass is 309 g/mol. The van der Waals surface area contributed by atoms with Gasteiger partial charge in [0.15, 0.2) is 0 Å². The molecule has 1 rings (SSSR count). The number of hydrogen-bond donors (Lipinski definition) is 3. The number of para-hydroxylation sites is 1. The van der Waals surface area contributed by atoms with Crippen LogP contribution in [0.25, 0.3) is 0 Å².